The van der Waals surface area contributed by atoms with Gasteiger partial charge in [0.15, 0.2) is 0 Å². The molecule has 1 N–H and O–H groups in total. The molecule has 0 heterocycles. The van der Waals surface area contributed by atoms with E-state index < -0.39 is 0 Å². The fourth-order valence-electron chi connectivity index (χ4n) is 1.64. The first kappa shape index (κ1) is 14.8. The Labute approximate surface area is 113 Å². The van der Waals surface area contributed by atoms with E-state index in [-0.39, 0.29) is 11.3 Å². The molecule has 0 aliphatic carbocycles. The summed E-state index contributed by atoms with van der Waals surface area (Å²) in [5.74, 6) is 1.18. The molecule has 4 heteroatoms. The van der Waals surface area contributed by atoms with E-state index in [2.05, 4.69) is 19.2 Å². The molecular formula is C14H20ClNO2. The highest BCUT2D eigenvalue weighted by molar-refractivity contribution is 6.18. The summed E-state index contributed by atoms with van der Waals surface area (Å²) in [6, 6.07) is 7.90. The second-order valence-corrected chi connectivity index (χ2v) is 5.21. The maximum atomic E-state index is 11.4. The van der Waals surface area contributed by atoms with E-state index >= 15 is 0 Å². The van der Waals surface area contributed by atoms with E-state index in [9.17, 15) is 4.79 Å². The van der Waals surface area contributed by atoms with Gasteiger partial charge in [0, 0.05) is 24.3 Å². The number of ether oxygens (including phenoxy) is 1. The van der Waals surface area contributed by atoms with Crippen molar-refractivity contribution in [1.29, 1.82) is 0 Å². The van der Waals surface area contributed by atoms with Gasteiger partial charge in [0.2, 0.25) is 5.91 Å². The number of methoxy groups -OCH3 is 1. The molecule has 0 atom stereocenters. The molecule has 1 amide bonds. The van der Waals surface area contributed by atoms with Crippen molar-refractivity contribution in [2.24, 2.45) is 0 Å². The maximum Gasteiger partial charge on any atom is 0.221 e. The van der Waals surface area contributed by atoms with E-state index in [1.807, 2.05) is 24.3 Å². The molecule has 0 aromatic heterocycles. The van der Waals surface area contributed by atoms with E-state index in [0.717, 1.165) is 11.3 Å². The van der Waals surface area contributed by atoms with Crippen molar-refractivity contribution in [1.82, 2.24) is 5.32 Å². The van der Waals surface area contributed by atoms with Crippen molar-refractivity contribution in [3.8, 4) is 5.75 Å². The standard InChI is InChI=1S/C14H20ClNO2/c1-14(2,10-16-13(17)8-9-15)11-4-6-12(18-3)7-5-11/h4-7H,8-10H2,1-3H3,(H,16,17). The predicted octanol–water partition coefficient (Wildman–Crippen LogP) is 2.72. The minimum absolute atomic E-state index is 0.00779. The monoisotopic (exact) mass is 269 g/mol. The molecule has 100 valence electrons. The summed E-state index contributed by atoms with van der Waals surface area (Å²) in [4.78, 5) is 11.4. The van der Waals surface area contributed by atoms with Crippen molar-refractivity contribution in [2.45, 2.75) is 25.7 Å². The molecule has 1 rings (SSSR count). The fourth-order valence-corrected chi connectivity index (χ4v) is 1.81. The van der Waals surface area contributed by atoms with E-state index in [4.69, 9.17) is 16.3 Å². The van der Waals surface area contributed by atoms with Crippen LogP contribution in [0.4, 0.5) is 0 Å². The van der Waals surface area contributed by atoms with Gasteiger partial charge in [0.05, 0.1) is 7.11 Å². The zero-order valence-electron chi connectivity index (χ0n) is 11.1. The minimum atomic E-state index is -0.117. The molecule has 0 bridgehead atoms. The molecule has 0 fully saturated rings. The first-order chi connectivity index (χ1) is 8.49. The van der Waals surface area contributed by atoms with Crippen LogP contribution in [-0.4, -0.2) is 25.4 Å². The normalized spacial score (nSPS) is 11.1. The van der Waals surface area contributed by atoms with Crippen molar-refractivity contribution >= 4 is 17.5 Å². The maximum absolute atomic E-state index is 11.4. The van der Waals surface area contributed by atoms with Gasteiger partial charge in [-0.25, -0.2) is 0 Å². The van der Waals surface area contributed by atoms with Gasteiger partial charge >= 0.3 is 0 Å². The summed E-state index contributed by atoms with van der Waals surface area (Å²) in [6.07, 6.45) is 0.361. The molecule has 3 nitrogen and oxygen atoms in total. The van der Waals surface area contributed by atoms with Crippen LogP contribution < -0.4 is 10.1 Å². The lowest BCUT2D eigenvalue weighted by Gasteiger charge is -2.25. The molecule has 1 aromatic carbocycles. The largest absolute Gasteiger partial charge is 0.497 e. The Bertz CT molecular complexity index is 387. The Balaban J connectivity index is 2.63. The van der Waals surface area contributed by atoms with Crippen LogP contribution >= 0.6 is 11.6 Å². The number of alkyl halides is 1. The number of benzene rings is 1. The zero-order valence-corrected chi connectivity index (χ0v) is 11.9. The number of carbonyl (C=O) groups is 1. The van der Waals surface area contributed by atoms with Crippen LogP contribution in [0.3, 0.4) is 0 Å². The molecule has 0 unspecified atom stereocenters. The average Bonchev–Trinajstić information content (AvgIpc) is 2.37. The first-order valence-electron chi connectivity index (χ1n) is 5.97. The summed E-state index contributed by atoms with van der Waals surface area (Å²) in [6.45, 7) is 4.78. The second-order valence-electron chi connectivity index (χ2n) is 4.83. The highest BCUT2D eigenvalue weighted by atomic mass is 35.5. The molecule has 0 radical (unpaired) electrons. The number of amides is 1. The SMILES string of the molecule is COc1ccc(C(C)(C)CNC(=O)CCCl)cc1. The number of nitrogens with one attached hydrogen (secondary N) is 1. The van der Waals surface area contributed by atoms with Crippen molar-refractivity contribution < 1.29 is 9.53 Å². The number of hydrogen-bond acceptors (Lipinski definition) is 2. The third-order valence-corrected chi connectivity index (χ3v) is 3.11. The zero-order chi connectivity index (χ0) is 13.6. The summed E-state index contributed by atoms with van der Waals surface area (Å²) in [5.41, 5.74) is 1.04. The van der Waals surface area contributed by atoms with Crippen LogP contribution in [0.25, 0.3) is 0 Å². The Morgan fingerprint density at radius 2 is 1.94 bits per heavy atom. The third kappa shape index (κ3) is 4.22. The molecule has 1 aromatic rings. The first-order valence-corrected chi connectivity index (χ1v) is 6.50. The predicted molar refractivity (Wildman–Crippen MR) is 74.4 cm³/mol. The highest BCUT2D eigenvalue weighted by Crippen LogP contribution is 2.24. The highest BCUT2D eigenvalue weighted by Gasteiger charge is 2.21. The molecule has 0 aliphatic rings. The topological polar surface area (TPSA) is 38.3 Å². The summed E-state index contributed by atoms with van der Waals surface area (Å²) < 4.78 is 5.13. The minimum Gasteiger partial charge on any atom is -0.497 e. The number of halogens is 1. The summed E-state index contributed by atoms with van der Waals surface area (Å²) >= 11 is 5.52. The molecule has 18 heavy (non-hydrogen) atoms. The van der Waals surface area contributed by atoms with Gasteiger partial charge in [0.1, 0.15) is 5.75 Å². The van der Waals surface area contributed by atoms with Gasteiger partial charge in [-0.2, -0.15) is 0 Å². The van der Waals surface area contributed by atoms with E-state index in [1.165, 1.54) is 0 Å². The Hall–Kier alpha value is -1.22. The van der Waals surface area contributed by atoms with Crippen LogP contribution in [0, 0.1) is 0 Å². The Morgan fingerprint density at radius 1 is 1.33 bits per heavy atom. The van der Waals surface area contributed by atoms with Gasteiger partial charge in [-0.1, -0.05) is 26.0 Å². The number of carbonyl (C=O) groups excluding carboxylic acids is 1. The van der Waals surface area contributed by atoms with Crippen LogP contribution in [0.5, 0.6) is 5.75 Å². The van der Waals surface area contributed by atoms with Crippen molar-refractivity contribution in [2.75, 3.05) is 19.5 Å². The van der Waals surface area contributed by atoms with Gasteiger partial charge < -0.3 is 10.1 Å². The lowest BCUT2D eigenvalue weighted by atomic mass is 9.84. The molecule has 0 aliphatic heterocycles. The Kier molecular flexibility index (Phi) is 5.48. The fraction of sp³-hybridized carbons (Fsp3) is 0.500. The van der Waals surface area contributed by atoms with E-state index in [0.29, 0.717) is 18.8 Å². The lowest BCUT2D eigenvalue weighted by molar-refractivity contribution is -0.120. The van der Waals surface area contributed by atoms with Gasteiger partial charge in [-0.3, -0.25) is 4.79 Å². The Morgan fingerprint density at radius 3 is 2.44 bits per heavy atom. The van der Waals surface area contributed by atoms with Crippen LogP contribution in [0.15, 0.2) is 24.3 Å². The lowest BCUT2D eigenvalue weighted by Crippen LogP contribution is -2.36. The number of hydrogen-bond donors (Lipinski definition) is 1. The molecular weight excluding hydrogens is 250 g/mol. The molecule has 0 saturated carbocycles. The number of rotatable bonds is 6. The summed E-state index contributed by atoms with van der Waals surface area (Å²) in [7, 11) is 1.65. The van der Waals surface area contributed by atoms with Crippen LogP contribution in [0.2, 0.25) is 0 Å². The quantitative estimate of drug-likeness (QED) is 0.807. The van der Waals surface area contributed by atoms with Gasteiger partial charge in [-0.05, 0) is 17.7 Å². The molecule has 0 spiro atoms. The summed E-state index contributed by atoms with van der Waals surface area (Å²) in [5, 5.41) is 2.90. The van der Waals surface area contributed by atoms with Crippen LogP contribution in [-0.2, 0) is 10.2 Å². The molecule has 0 saturated heterocycles. The third-order valence-electron chi connectivity index (χ3n) is 2.92. The van der Waals surface area contributed by atoms with Crippen molar-refractivity contribution in [3.63, 3.8) is 0 Å². The average molecular weight is 270 g/mol. The van der Waals surface area contributed by atoms with Crippen LogP contribution in [0.1, 0.15) is 25.8 Å². The van der Waals surface area contributed by atoms with E-state index in [1.54, 1.807) is 7.11 Å². The van der Waals surface area contributed by atoms with Crippen molar-refractivity contribution in [3.05, 3.63) is 29.8 Å². The smallest absolute Gasteiger partial charge is 0.221 e. The second kappa shape index (κ2) is 6.64. The van der Waals surface area contributed by atoms with Gasteiger partial charge in [0.25, 0.3) is 0 Å². The van der Waals surface area contributed by atoms with Gasteiger partial charge in [-0.15, -0.1) is 11.6 Å².